The Kier molecular flexibility index (Phi) is 4.50. The quantitative estimate of drug-likeness (QED) is 0.610. The minimum absolute atomic E-state index is 0.0708. The number of hydrogen-bond donors (Lipinski definition) is 0. The lowest BCUT2D eigenvalue weighted by molar-refractivity contribution is 0.486. The van der Waals surface area contributed by atoms with Crippen LogP contribution in [0.1, 0.15) is 5.56 Å². The molecule has 0 saturated heterocycles. The number of benzene rings is 2. The summed E-state index contributed by atoms with van der Waals surface area (Å²) < 4.78 is 29.0. The Labute approximate surface area is 125 Å². The lowest BCUT2D eigenvalue weighted by Crippen LogP contribution is -2.09. The van der Waals surface area contributed by atoms with Crippen LogP contribution in [-0.2, 0) is 15.4 Å². The Balaban J connectivity index is 2.23. The molecule has 0 unspecified atom stereocenters. The number of alkyl halides is 1. The average Bonchev–Trinajstić information content (AvgIpc) is 2.40. The Hall–Kier alpha value is -1.04. The fourth-order valence-electron chi connectivity index (χ4n) is 1.41. The standard InChI is InChI=1S/C13H10BrClO3S/c14-9-10-1-5-12(6-2-10)18-19(16,17)13-7-3-11(15)4-8-13/h1-8H,9H2. The van der Waals surface area contributed by atoms with Gasteiger partial charge in [-0.3, -0.25) is 0 Å². The first-order chi connectivity index (χ1) is 9.01. The van der Waals surface area contributed by atoms with Gasteiger partial charge in [-0.1, -0.05) is 39.7 Å². The Morgan fingerprint density at radius 3 is 2.11 bits per heavy atom. The molecule has 2 aromatic rings. The monoisotopic (exact) mass is 360 g/mol. The van der Waals surface area contributed by atoms with Gasteiger partial charge in [-0.2, -0.15) is 8.42 Å². The third-order valence-corrected chi connectivity index (χ3v) is 4.55. The molecule has 2 aromatic carbocycles. The first kappa shape index (κ1) is 14.4. The molecule has 0 atom stereocenters. The summed E-state index contributed by atoms with van der Waals surface area (Å²) in [5.41, 5.74) is 1.04. The van der Waals surface area contributed by atoms with Crippen LogP contribution in [0.3, 0.4) is 0 Å². The van der Waals surface area contributed by atoms with E-state index in [-0.39, 0.29) is 10.6 Å². The van der Waals surface area contributed by atoms with Crippen LogP contribution < -0.4 is 4.18 Å². The number of rotatable bonds is 4. The molecule has 2 rings (SSSR count). The largest absolute Gasteiger partial charge is 0.379 e. The summed E-state index contributed by atoms with van der Waals surface area (Å²) in [6.07, 6.45) is 0. The van der Waals surface area contributed by atoms with Crippen molar-refractivity contribution in [3.63, 3.8) is 0 Å². The van der Waals surface area contributed by atoms with Gasteiger partial charge >= 0.3 is 10.1 Å². The molecule has 100 valence electrons. The highest BCUT2D eigenvalue weighted by Gasteiger charge is 2.16. The first-order valence-corrected chi connectivity index (χ1v) is 8.27. The minimum Gasteiger partial charge on any atom is -0.379 e. The van der Waals surface area contributed by atoms with E-state index in [2.05, 4.69) is 15.9 Å². The lowest BCUT2D eigenvalue weighted by atomic mass is 10.2. The summed E-state index contributed by atoms with van der Waals surface area (Å²) in [4.78, 5) is 0.0708. The Morgan fingerprint density at radius 2 is 1.58 bits per heavy atom. The topological polar surface area (TPSA) is 43.4 Å². The summed E-state index contributed by atoms with van der Waals surface area (Å²) >= 11 is 9.03. The van der Waals surface area contributed by atoms with Gasteiger partial charge in [0.2, 0.25) is 0 Å². The van der Waals surface area contributed by atoms with E-state index in [1.54, 1.807) is 24.3 Å². The maximum absolute atomic E-state index is 12.0. The molecule has 0 aliphatic rings. The van der Waals surface area contributed by atoms with Crippen LogP contribution >= 0.6 is 27.5 Å². The van der Waals surface area contributed by atoms with E-state index in [1.165, 1.54) is 24.3 Å². The molecule has 0 fully saturated rings. The van der Waals surface area contributed by atoms with Crippen molar-refractivity contribution in [1.29, 1.82) is 0 Å². The van der Waals surface area contributed by atoms with E-state index in [9.17, 15) is 8.42 Å². The second-order valence-corrected chi connectivity index (χ2v) is 6.31. The predicted molar refractivity (Wildman–Crippen MR) is 78.3 cm³/mol. The molecule has 0 N–H and O–H groups in total. The lowest BCUT2D eigenvalue weighted by Gasteiger charge is -2.07. The highest BCUT2D eigenvalue weighted by atomic mass is 79.9. The van der Waals surface area contributed by atoms with Crippen molar-refractivity contribution >= 4 is 37.6 Å². The fraction of sp³-hybridized carbons (Fsp3) is 0.0769. The number of halogens is 2. The first-order valence-electron chi connectivity index (χ1n) is 5.36. The summed E-state index contributed by atoms with van der Waals surface area (Å²) in [6.45, 7) is 0. The van der Waals surface area contributed by atoms with Crippen LogP contribution in [0, 0.1) is 0 Å². The van der Waals surface area contributed by atoms with Gasteiger partial charge in [0.05, 0.1) is 0 Å². The zero-order valence-electron chi connectivity index (χ0n) is 9.71. The summed E-state index contributed by atoms with van der Waals surface area (Å²) in [5, 5.41) is 1.18. The summed E-state index contributed by atoms with van der Waals surface area (Å²) in [5.74, 6) is 0.277. The molecule has 19 heavy (non-hydrogen) atoms. The van der Waals surface area contributed by atoms with Crippen molar-refractivity contribution in [1.82, 2.24) is 0 Å². The highest BCUT2D eigenvalue weighted by molar-refractivity contribution is 9.08. The van der Waals surface area contributed by atoms with Crippen molar-refractivity contribution in [2.75, 3.05) is 0 Å². The van der Waals surface area contributed by atoms with Crippen LogP contribution in [0.5, 0.6) is 5.75 Å². The normalized spacial score (nSPS) is 11.3. The zero-order valence-corrected chi connectivity index (χ0v) is 12.9. The van der Waals surface area contributed by atoms with Crippen LogP contribution in [0.2, 0.25) is 5.02 Å². The van der Waals surface area contributed by atoms with Crippen molar-refractivity contribution in [2.24, 2.45) is 0 Å². The molecule has 0 aliphatic heterocycles. The minimum atomic E-state index is -3.82. The van der Waals surface area contributed by atoms with E-state index in [1.807, 2.05) is 0 Å². The molecule has 0 aromatic heterocycles. The van der Waals surface area contributed by atoms with E-state index in [4.69, 9.17) is 15.8 Å². The summed E-state index contributed by atoms with van der Waals surface area (Å²) in [6, 6.07) is 12.6. The summed E-state index contributed by atoms with van der Waals surface area (Å²) in [7, 11) is -3.82. The van der Waals surface area contributed by atoms with Gasteiger partial charge in [0.1, 0.15) is 10.6 Å². The van der Waals surface area contributed by atoms with Gasteiger partial charge in [0.25, 0.3) is 0 Å². The molecule has 0 amide bonds. The van der Waals surface area contributed by atoms with E-state index < -0.39 is 10.1 Å². The van der Waals surface area contributed by atoms with Crippen LogP contribution in [-0.4, -0.2) is 8.42 Å². The maximum atomic E-state index is 12.0. The number of hydrogen-bond acceptors (Lipinski definition) is 3. The van der Waals surface area contributed by atoms with Gasteiger partial charge in [0, 0.05) is 10.4 Å². The molecular formula is C13H10BrClO3S. The molecule has 0 heterocycles. The SMILES string of the molecule is O=S(=O)(Oc1ccc(CBr)cc1)c1ccc(Cl)cc1. The molecule has 0 bridgehead atoms. The van der Waals surface area contributed by atoms with Gasteiger partial charge in [-0.05, 0) is 42.0 Å². The fourth-order valence-corrected chi connectivity index (χ4v) is 2.84. The van der Waals surface area contributed by atoms with Crippen LogP contribution in [0.4, 0.5) is 0 Å². The molecule has 0 aliphatic carbocycles. The van der Waals surface area contributed by atoms with Crippen molar-refractivity contribution < 1.29 is 12.6 Å². The molecule has 3 nitrogen and oxygen atoms in total. The third kappa shape index (κ3) is 3.72. The molecule has 0 spiro atoms. The highest BCUT2D eigenvalue weighted by Crippen LogP contribution is 2.21. The van der Waals surface area contributed by atoms with Gasteiger partial charge in [0.15, 0.2) is 0 Å². The second kappa shape index (κ2) is 5.94. The molecule has 6 heteroatoms. The molecule has 0 saturated carbocycles. The molecular weight excluding hydrogens is 352 g/mol. The van der Waals surface area contributed by atoms with Crippen molar-refractivity contribution in [3.05, 3.63) is 59.1 Å². The Bertz CT molecular complexity index is 651. The van der Waals surface area contributed by atoms with Crippen molar-refractivity contribution in [2.45, 2.75) is 10.2 Å². The predicted octanol–water partition coefficient (Wildman–Crippen LogP) is 4.00. The second-order valence-electron chi connectivity index (χ2n) is 3.77. The third-order valence-electron chi connectivity index (χ3n) is 2.39. The van der Waals surface area contributed by atoms with Gasteiger partial charge in [-0.25, -0.2) is 0 Å². The van der Waals surface area contributed by atoms with Gasteiger partial charge in [-0.15, -0.1) is 0 Å². The maximum Gasteiger partial charge on any atom is 0.339 e. The van der Waals surface area contributed by atoms with Gasteiger partial charge < -0.3 is 4.18 Å². The van der Waals surface area contributed by atoms with Crippen molar-refractivity contribution in [3.8, 4) is 5.75 Å². The van der Waals surface area contributed by atoms with Crippen LogP contribution in [0.15, 0.2) is 53.4 Å². The average molecular weight is 362 g/mol. The smallest absolute Gasteiger partial charge is 0.339 e. The molecule has 0 radical (unpaired) electrons. The van der Waals surface area contributed by atoms with E-state index >= 15 is 0 Å². The van der Waals surface area contributed by atoms with Crippen LogP contribution in [0.25, 0.3) is 0 Å². The van der Waals surface area contributed by atoms with E-state index in [0.29, 0.717) is 10.4 Å². The zero-order chi connectivity index (χ0) is 13.9. The Morgan fingerprint density at radius 1 is 1.00 bits per heavy atom. The van der Waals surface area contributed by atoms with E-state index in [0.717, 1.165) is 5.56 Å².